The maximum atomic E-state index is 13.4. The van der Waals surface area contributed by atoms with Crippen LogP contribution in [0.3, 0.4) is 0 Å². The highest BCUT2D eigenvalue weighted by atomic mass is 16.6. The molecule has 1 amide bonds. The molecule has 0 saturated carbocycles. The van der Waals surface area contributed by atoms with Crippen molar-refractivity contribution < 1.29 is 33.3 Å². The van der Waals surface area contributed by atoms with Crippen molar-refractivity contribution in [3.05, 3.63) is 59.7 Å². The predicted octanol–water partition coefficient (Wildman–Crippen LogP) is 4.25. The van der Waals surface area contributed by atoms with Crippen molar-refractivity contribution >= 4 is 12.1 Å². The van der Waals surface area contributed by atoms with Crippen LogP contribution in [0.5, 0.6) is 11.5 Å². The molecule has 2 aromatic carbocycles. The van der Waals surface area contributed by atoms with E-state index in [-0.39, 0.29) is 0 Å². The summed E-state index contributed by atoms with van der Waals surface area (Å²) in [5.74, 6) is 0.430. The van der Waals surface area contributed by atoms with E-state index in [0.717, 1.165) is 0 Å². The topological polar surface area (TPSA) is 83.5 Å². The third kappa shape index (κ3) is 4.80. The average Bonchev–Trinajstić information content (AvgIpc) is 3.18. The molecule has 1 aliphatic rings. The molecule has 1 saturated heterocycles. The number of rotatable bonds is 5. The smallest absolute Gasteiger partial charge is 0.413 e. The van der Waals surface area contributed by atoms with E-state index < -0.39 is 36.0 Å². The summed E-state index contributed by atoms with van der Waals surface area (Å²) in [5, 5.41) is 0. The molecule has 1 heterocycles. The Kier molecular flexibility index (Phi) is 6.93. The van der Waals surface area contributed by atoms with E-state index in [4.69, 9.17) is 23.7 Å². The van der Waals surface area contributed by atoms with Gasteiger partial charge in [0.15, 0.2) is 12.3 Å². The molecule has 8 heteroatoms. The molecule has 3 rings (SSSR count). The fourth-order valence-electron chi connectivity index (χ4n) is 3.63. The van der Waals surface area contributed by atoms with Gasteiger partial charge in [0.25, 0.3) is 0 Å². The van der Waals surface area contributed by atoms with Crippen molar-refractivity contribution in [2.24, 2.45) is 0 Å². The molecule has 0 N–H and O–H groups in total. The number of ether oxygens (including phenoxy) is 5. The van der Waals surface area contributed by atoms with E-state index in [0.29, 0.717) is 22.6 Å². The van der Waals surface area contributed by atoms with Gasteiger partial charge in [-0.25, -0.2) is 9.59 Å². The van der Waals surface area contributed by atoms with E-state index in [1.165, 1.54) is 19.1 Å². The lowest BCUT2D eigenvalue weighted by atomic mass is 10.0. The van der Waals surface area contributed by atoms with Gasteiger partial charge in [-0.3, -0.25) is 4.90 Å². The molecular weight excluding hydrogens is 414 g/mol. The highest BCUT2D eigenvalue weighted by molar-refractivity contribution is 5.79. The van der Waals surface area contributed by atoms with E-state index in [1.807, 2.05) is 30.3 Å². The Balaban J connectivity index is 2.16. The molecule has 1 fully saturated rings. The molecule has 32 heavy (non-hydrogen) atoms. The number of nitrogens with zero attached hydrogens (tertiary/aromatic N) is 1. The average molecular weight is 443 g/mol. The van der Waals surface area contributed by atoms with Crippen LogP contribution in [-0.2, 0) is 19.0 Å². The summed E-state index contributed by atoms with van der Waals surface area (Å²) in [4.78, 5) is 27.5. The third-order valence-corrected chi connectivity index (χ3v) is 5.00. The Bertz CT molecular complexity index is 955. The molecule has 3 atom stereocenters. The van der Waals surface area contributed by atoms with Crippen LogP contribution in [-0.4, -0.2) is 50.0 Å². The van der Waals surface area contributed by atoms with E-state index in [9.17, 15) is 9.59 Å². The zero-order chi connectivity index (χ0) is 23.5. The molecule has 0 aliphatic carbocycles. The molecule has 0 aromatic heterocycles. The summed E-state index contributed by atoms with van der Waals surface area (Å²) in [6.45, 7) is 5.33. The van der Waals surface area contributed by atoms with Gasteiger partial charge in [-0.15, -0.1) is 0 Å². The van der Waals surface area contributed by atoms with Crippen LogP contribution in [0.2, 0.25) is 0 Å². The third-order valence-electron chi connectivity index (χ3n) is 5.00. The Morgan fingerprint density at radius 3 is 2.22 bits per heavy atom. The van der Waals surface area contributed by atoms with Crippen molar-refractivity contribution in [3.8, 4) is 11.5 Å². The van der Waals surface area contributed by atoms with Crippen LogP contribution in [0.15, 0.2) is 48.5 Å². The maximum Gasteiger partial charge on any atom is 0.413 e. The van der Waals surface area contributed by atoms with Crippen molar-refractivity contribution in [3.63, 3.8) is 0 Å². The van der Waals surface area contributed by atoms with Gasteiger partial charge >= 0.3 is 12.1 Å². The molecule has 1 unspecified atom stereocenters. The van der Waals surface area contributed by atoms with Crippen molar-refractivity contribution in [1.82, 2.24) is 4.90 Å². The number of benzene rings is 2. The van der Waals surface area contributed by atoms with Crippen molar-refractivity contribution in [2.45, 2.75) is 44.7 Å². The second kappa shape index (κ2) is 9.48. The summed E-state index contributed by atoms with van der Waals surface area (Å²) in [6, 6.07) is 13.6. The van der Waals surface area contributed by atoms with Gasteiger partial charge in [0.05, 0.1) is 21.3 Å². The SMILES string of the molecule is COC(=O)[C@@H]1OC(c2ccc(OC)cc2OC)N(C(=O)OC(C)(C)C)[C@H]1c1ccccc1. The molecule has 2 aromatic rings. The monoisotopic (exact) mass is 443 g/mol. The van der Waals surface area contributed by atoms with E-state index >= 15 is 0 Å². The van der Waals surface area contributed by atoms with E-state index in [2.05, 4.69) is 0 Å². The number of amides is 1. The minimum Gasteiger partial charge on any atom is -0.497 e. The van der Waals surface area contributed by atoms with Gasteiger partial charge in [-0.05, 0) is 38.5 Å². The Hall–Kier alpha value is -3.26. The quantitative estimate of drug-likeness (QED) is 0.639. The Morgan fingerprint density at radius 2 is 1.66 bits per heavy atom. The van der Waals surface area contributed by atoms with Gasteiger partial charge in [0, 0.05) is 11.6 Å². The normalized spacial score (nSPS) is 20.6. The first-order valence-electron chi connectivity index (χ1n) is 10.2. The van der Waals surface area contributed by atoms with Crippen molar-refractivity contribution in [1.29, 1.82) is 0 Å². The molecular formula is C24H29NO7. The van der Waals surface area contributed by atoms with Crippen molar-refractivity contribution in [2.75, 3.05) is 21.3 Å². The number of esters is 1. The standard InChI is InChI=1S/C24H29NO7/c1-24(2,3)32-23(27)25-19(15-10-8-7-9-11-15)20(22(26)30-6)31-21(25)17-13-12-16(28-4)14-18(17)29-5/h7-14,19-21H,1-6H3/t19-,20+,21?/m0/s1. The van der Waals surface area contributed by atoms with Crippen LogP contribution in [0, 0.1) is 0 Å². The number of hydrogen-bond acceptors (Lipinski definition) is 7. The zero-order valence-electron chi connectivity index (χ0n) is 19.2. The molecule has 172 valence electrons. The van der Waals surface area contributed by atoms with Crippen LogP contribution >= 0.6 is 0 Å². The van der Waals surface area contributed by atoms with Gasteiger partial charge < -0.3 is 23.7 Å². The largest absolute Gasteiger partial charge is 0.497 e. The molecule has 8 nitrogen and oxygen atoms in total. The lowest BCUT2D eigenvalue weighted by Crippen LogP contribution is -2.40. The van der Waals surface area contributed by atoms with Gasteiger partial charge in [0.1, 0.15) is 23.1 Å². The highest BCUT2D eigenvalue weighted by Crippen LogP contribution is 2.47. The second-order valence-electron chi connectivity index (χ2n) is 8.28. The maximum absolute atomic E-state index is 13.4. The number of carbonyl (C=O) groups is 2. The Labute approximate surface area is 188 Å². The molecule has 0 spiro atoms. The fraction of sp³-hybridized carbons (Fsp3) is 0.417. The zero-order valence-corrected chi connectivity index (χ0v) is 19.2. The van der Waals surface area contributed by atoms with Crippen LogP contribution in [0.1, 0.15) is 44.2 Å². The van der Waals surface area contributed by atoms with Gasteiger partial charge in [-0.2, -0.15) is 0 Å². The van der Waals surface area contributed by atoms with Crippen LogP contribution in [0.4, 0.5) is 4.79 Å². The summed E-state index contributed by atoms with van der Waals surface area (Å²) in [7, 11) is 4.34. The number of methoxy groups -OCH3 is 3. The minimum atomic E-state index is -1.06. The summed E-state index contributed by atoms with van der Waals surface area (Å²) in [6.07, 6.45) is -2.65. The molecule has 1 aliphatic heterocycles. The first-order chi connectivity index (χ1) is 15.2. The number of hydrogen-bond donors (Lipinski definition) is 0. The summed E-state index contributed by atoms with van der Waals surface area (Å²) >= 11 is 0. The number of carbonyl (C=O) groups excluding carboxylic acids is 2. The fourth-order valence-corrected chi connectivity index (χ4v) is 3.63. The highest BCUT2D eigenvalue weighted by Gasteiger charge is 2.52. The Morgan fingerprint density at radius 1 is 0.969 bits per heavy atom. The van der Waals surface area contributed by atoms with Crippen LogP contribution < -0.4 is 9.47 Å². The van der Waals surface area contributed by atoms with Gasteiger partial charge in [-0.1, -0.05) is 30.3 Å². The minimum absolute atomic E-state index is 0.445. The van der Waals surface area contributed by atoms with Gasteiger partial charge in [0.2, 0.25) is 0 Å². The summed E-state index contributed by atoms with van der Waals surface area (Å²) in [5.41, 5.74) is 0.506. The first kappa shape index (κ1) is 23.4. The predicted molar refractivity (Wildman–Crippen MR) is 116 cm³/mol. The molecule has 0 radical (unpaired) electrons. The summed E-state index contributed by atoms with van der Waals surface area (Å²) < 4.78 is 27.7. The first-order valence-corrected chi connectivity index (χ1v) is 10.2. The lowest BCUT2D eigenvalue weighted by Gasteiger charge is -2.32. The van der Waals surface area contributed by atoms with E-state index in [1.54, 1.807) is 46.1 Å². The second-order valence-corrected chi connectivity index (χ2v) is 8.28. The molecule has 0 bridgehead atoms. The lowest BCUT2D eigenvalue weighted by molar-refractivity contribution is -0.154. The van der Waals surface area contributed by atoms with Crippen LogP contribution in [0.25, 0.3) is 0 Å².